The van der Waals surface area contributed by atoms with Crippen molar-refractivity contribution < 1.29 is 27.8 Å². The van der Waals surface area contributed by atoms with Crippen LogP contribution in [0.2, 0.25) is 5.02 Å². The number of carboxylic acids is 1. The van der Waals surface area contributed by atoms with Gasteiger partial charge < -0.3 is 9.84 Å². The molecule has 1 N–H and O–H groups in total. The number of nitrogens with zero attached hydrogens (tertiary/aromatic N) is 5. The van der Waals surface area contributed by atoms with Crippen molar-refractivity contribution in [1.29, 1.82) is 0 Å². The fourth-order valence-electron chi connectivity index (χ4n) is 5.03. The maximum absolute atomic E-state index is 14.0. The number of aryl methyl sites for hydroxylation is 2. The highest BCUT2D eigenvalue weighted by atomic mass is 35.5. The molecule has 0 aliphatic heterocycles. The molecule has 9 nitrogen and oxygen atoms in total. The Morgan fingerprint density at radius 3 is 2.58 bits per heavy atom. The lowest BCUT2D eigenvalue weighted by Gasteiger charge is -2.16. The Balaban J connectivity index is 1.36. The molecule has 5 aromatic heterocycles. The monoisotopic (exact) mass is 651 g/mol. The topological polar surface area (TPSA) is 120 Å². The number of thiophene rings is 1. The van der Waals surface area contributed by atoms with Crippen LogP contribution < -0.4 is 10.3 Å². The highest BCUT2D eigenvalue weighted by molar-refractivity contribution is 7.18. The molecule has 0 spiro atoms. The molecule has 0 saturated heterocycles. The number of benzene rings is 1. The summed E-state index contributed by atoms with van der Waals surface area (Å²) in [6, 6.07) is 10.6. The Kier molecular flexibility index (Phi) is 7.75. The normalized spacial score (nSPS) is 11.8. The molecule has 6 aromatic rings. The van der Waals surface area contributed by atoms with Crippen LogP contribution in [0.4, 0.5) is 13.2 Å². The van der Waals surface area contributed by atoms with Gasteiger partial charge in [0.25, 0.3) is 5.56 Å². The van der Waals surface area contributed by atoms with Gasteiger partial charge in [0.2, 0.25) is 0 Å². The van der Waals surface area contributed by atoms with E-state index in [4.69, 9.17) is 16.3 Å². The second-order valence-corrected chi connectivity index (χ2v) is 11.4. The summed E-state index contributed by atoms with van der Waals surface area (Å²) in [4.78, 5) is 42.0. The molecule has 0 radical (unpaired) electrons. The van der Waals surface area contributed by atoms with Crippen LogP contribution in [0.3, 0.4) is 0 Å². The SMILES string of the molecule is Cc1cc(-c2cc(Cl)ccc2OCCn2c(C)nc3cc(C(F)(F)F)c(-c4cccnc4)nc3c2=O)c2scc(C(=O)O)c2n1. The zero-order chi connectivity index (χ0) is 32.0. The predicted molar refractivity (Wildman–Crippen MR) is 164 cm³/mol. The molecular weight excluding hydrogens is 631 g/mol. The molecule has 0 bridgehead atoms. The van der Waals surface area contributed by atoms with Gasteiger partial charge in [-0.25, -0.2) is 14.8 Å². The van der Waals surface area contributed by atoms with Crippen molar-refractivity contribution in [2.45, 2.75) is 26.6 Å². The fraction of sp³-hybridized carbons (Fsp3) is 0.161. The van der Waals surface area contributed by atoms with Crippen LogP contribution >= 0.6 is 22.9 Å². The van der Waals surface area contributed by atoms with Gasteiger partial charge in [0.05, 0.1) is 39.1 Å². The molecule has 14 heteroatoms. The number of ether oxygens (including phenoxy) is 1. The summed E-state index contributed by atoms with van der Waals surface area (Å²) in [5.41, 5.74) is -0.0344. The molecule has 5 heterocycles. The van der Waals surface area contributed by atoms with Gasteiger partial charge >= 0.3 is 12.1 Å². The number of carboxylic acid groups (broad SMARTS) is 1. The third kappa shape index (κ3) is 5.71. The second kappa shape index (κ2) is 11.6. The lowest BCUT2D eigenvalue weighted by atomic mass is 10.0. The van der Waals surface area contributed by atoms with Gasteiger partial charge in [-0.2, -0.15) is 13.2 Å². The van der Waals surface area contributed by atoms with Crippen molar-refractivity contribution in [3.05, 3.63) is 98.3 Å². The molecule has 228 valence electrons. The standard InChI is InChI=1S/C31H21ClF3N5O4S/c1-15-10-20(28-26(37-15)21(14-45-28)30(42)43)19-11-18(32)5-6-24(19)44-9-8-40-16(2)38-23-12-22(31(33,34)35)25(39-27(23)29(40)41)17-4-3-7-36-13-17/h3-7,10-14H,8-9H2,1-2H3,(H,42,43). The molecule has 1 aromatic carbocycles. The summed E-state index contributed by atoms with van der Waals surface area (Å²) < 4.78 is 50.0. The number of alkyl halides is 3. The summed E-state index contributed by atoms with van der Waals surface area (Å²) in [5, 5.41) is 11.6. The smallest absolute Gasteiger partial charge is 0.418 e. The number of aromatic carboxylic acids is 1. The third-order valence-corrected chi connectivity index (χ3v) is 8.29. The van der Waals surface area contributed by atoms with Gasteiger partial charge in [-0.3, -0.25) is 19.3 Å². The first-order valence-electron chi connectivity index (χ1n) is 13.4. The molecule has 0 aliphatic carbocycles. The van der Waals surface area contributed by atoms with Crippen LogP contribution in [0.1, 0.15) is 27.4 Å². The Morgan fingerprint density at radius 1 is 1.07 bits per heavy atom. The van der Waals surface area contributed by atoms with Crippen LogP contribution in [0.15, 0.2) is 65.0 Å². The minimum Gasteiger partial charge on any atom is -0.491 e. The van der Waals surface area contributed by atoms with E-state index in [2.05, 4.69) is 19.9 Å². The molecule has 0 saturated carbocycles. The lowest BCUT2D eigenvalue weighted by Crippen LogP contribution is -2.27. The van der Waals surface area contributed by atoms with E-state index < -0.39 is 29.0 Å². The van der Waals surface area contributed by atoms with Gasteiger partial charge in [0.1, 0.15) is 18.2 Å². The number of pyridine rings is 3. The summed E-state index contributed by atoms with van der Waals surface area (Å²) in [6.07, 6.45) is -2.07. The first-order valence-corrected chi connectivity index (χ1v) is 14.6. The molecule has 0 amide bonds. The molecule has 45 heavy (non-hydrogen) atoms. The zero-order valence-corrected chi connectivity index (χ0v) is 25.1. The number of aromatic nitrogens is 5. The molecule has 6 rings (SSSR count). The molecule has 0 atom stereocenters. The Bertz CT molecular complexity index is 2190. The second-order valence-electron chi connectivity index (χ2n) is 10.0. The van der Waals surface area contributed by atoms with E-state index in [1.165, 1.54) is 52.7 Å². The van der Waals surface area contributed by atoms with Gasteiger partial charge in [-0.05, 0) is 56.3 Å². The predicted octanol–water partition coefficient (Wildman–Crippen LogP) is 7.20. The van der Waals surface area contributed by atoms with E-state index in [1.807, 2.05) is 6.07 Å². The number of carbonyl (C=O) groups is 1. The highest BCUT2D eigenvalue weighted by Crippen LogP contribution is 2.40. The summed E-state index contributed by atoms with van der Waals surface area (Å²) in [7, 11) is 0. The van der Waals surface area contributed by atoms with E-state index in [1.54, 1.807) is 25.1 Å². The summed E-state index contributed by atoms with van der Waals surface area (Å²) >= 11 is 7.58. The van der Waals surface area contributed by atoms with E-state index in [0.717, 1.165) is 6.07 Å². The van der Waals surface area contributed by atoms with Gasteiger partial charge in [0, 0.05) is 45.2 Å². The zero-order valence-electron chi connectivity index (χ0n) is 23.5. The van der Waals surface area contributed by atoms with Crippen molar-refractivity contribution in [1.82, 2.24) is 24.5 Å². The number of hydrogen-bond acceptors (Lipinski definition) is 8. The van der Waals surface area contributed by atoms with Crippen LogP contribution in [0.25, 0.3) is 43.6 Å². The van der Waals surface area contributed by atoms with Crippen molar-refractivity contribution in [2.24, 2.45) is 0 Å². The first kappa shape index (κ1) is 30.2. The highest BCUT2D eigenvalue weighted by Gasteiger charge is 2.36. The minimum absolute atomic E-state index is 0.00749. The fourth-order valence-corrected chi connectivity index (χ4v) is 6.21. The van der Waals surface area contributed by atoms with E-state index in [0.29, 0.717) is 37.8 Å². The van der Waals surface area contributed by atoms with Crippen molar-refractivity contribution in [2.75, 3.05) is 6.61 Å². The number of fused-ring (bicyclic) bond motifs is 2. The average molecular weight is 652 g/mol. The van der Waals surface area contributed by atoms with Crippen LogP contribution in [0.5, 0.6) is 5.75 Å². The first-order chi connectivity index (χ1) is 21.4. The van der Waals surface area contributed by atoms with E-state index >= 15 is 0 Å². The van der Waals surface area contributed by atoms with E-state index in [9.17, 15) is 27.9 Å². The van der Waals surface area contributed by atoms with Crippen LogP contribution in [-0.4, -0.2) is 42.2 Å². The Morgan fingerprint density at radius 2 is 1.87 bits per heavy atom. The van der Waals surface area contributed by atoms with Crippen LogP contribution in [-0.2, 0) is 12.7 Å². The van der Waals surface area contributed by atoms with Crippen molar-refractivity contribution in [3.63, 3.8) is 0 Å². The maximum atomic E-state index is 14.0. The summed E-state index contributed by atoms with van der Waals surface area (Å²) in [6.45, 7) is 3.26. The Hall–Kier alpha value is -4.88. The number of hydrogen-bond donors (Lipinski definition) is 1. The Labute approximate surface area is 261 Å². The molecule has 0 aliphatic rings. The lowest BCUT2D eigenvalue weighted by molar-refractivity contribution is -0.137. The molecular formula is C31H21ClF3N5O4S. The quantitative estimate of drug-likeness (QED) is 0.193. The van der Waals surface area contributed by atoms with Crippen LogP contribution in [0, 0.1) is 13.8 Å². The maximum Gasteiger partial charge on any atom is 0.418 e. The molecule has 0 fully saturated rings. The van der Waals surface area contributed by atoms with Crippen molar-refractivity contribution in [3.8, 4) is 28.1 Å². The largest absolute Gasteiger partial charge is 0.491 e. The van der Waals surface area contributed by atoms with E-state index in [-0.39, 0.29) is 41.1 Å². The summed E-state index contributed by atoms with van der Waals surface area (Å²) in [5.74, 6) is -0.486. The van der Waals surface area contributed by atoms with Gasteiger partial charge in [-0.15, -0.1) is 11.3 Å². The van der Waals surface area contributed by atoms with Gasteiger partial charge in [0.15, 0.2) is 5.52 Å². The number of rotatable bonds is 7. The molecule has 0 unspecified atom stereocenters. The van der Waals surface area contributed by atoms with Gasteiger partial charge in [-0.1, -0.05) is 11.6 Å². The minimum atomic E-state index is -4.74. The average Bonchev–Trinajstić information content (AvgIpc) is 3.42. The third-order valence-electron chi connectivity index (χ3n) is 7.05. The number of halogens is 4. The van der Waals surface area contributed by atoms with Crippen molar-refractivity contribution >= 4 is 50.2 Å².